The molecule has 0 spiro atoms. The van der Waals surface area contributed by atoms with Crippen molar-refractivity contribution < 1.29 is 13.5 Å². The Kier molecular flexibility index (Phi) is 6.22. The first-order chi connectivity index (χ1) is 12.9. The van der Waals surface area contributed by atoms with Crippen LogP contribution in [0.1, 0.15) is 11.1 Å². The molecule has 3 rings (SSSR count). The average molecular weight is 395 g/mol. The number of benzene rings is 1. The number of anilines is 1. The lowest BCUT2D eigenvalue weighted by Gasteiger charge is -2.36. The second kappa shape index (κ2) is 8.62. The fourth-order valence-corrected chi connectivity index (χ4v) is 3.33. The highest BCUT2D eigenvalue weighted by Gasteiger charge is 2.20. The first kappa shape index (κ1) is 19.5. The number of halogens is 2. The Labute approximate surface area is 162 Å². The number of nitrogens with one attached hydrogen (secondary N) is 1. The summed E-state index contributed by atoms with van der Waals surface area (Å²) in [6, 6.07) is 5.11. The van der Waals surface area contributed by atoms with Crippen LogP contribution in [0.4, 0.5) is 14.5 Å². The smallest absolute Gasteiger partial charge is 0.387 e. The van der Waals surface area contributed by atoms with Gasteiger partial charge in [-0.15, -0.1) is 0 Å². The summed E-state index contributed by atoms with van der Waals surface area (Å²) in [5.41, 5.74) is 2.47. The van der Waals surface area contributed by atoms with Crippen LogP contribution < -0.4 is 10.1 Å². The van der Waals surface area contributed by atoms with Gasteiger partial charge in [-0.2, -0.15) is 13.9 Å². The number of thiocarbonyl (C=S) groups is 1. The van der Waals surface area contributed by atoms with Crippen molar-refractivity contribution in [2.45, 2.75) is 20.1 Å². The third-order valence-corrected chi connectivity index (χ3v) is 4.78. The number of hydrogen-bond acceptors (Lipinski definition) is 4. The summed E-state index contributed by atoms with van der Waals surface area (Å²) in [5.74, 6) is 0.0996. The van der Waals surface area contributed by atoms with Crippen LogP contribution in [-0.4, -0.2) is 57.5 Å². The molecular formula is C18H23F2N5OS. The topological polar surface area (TPSA) is 45.6 Å². The standard InChI is InChI=1S/C18H23F2N5OS/c1-13-3-4-15(16(9-13)26-17(19)20)22-18(27)25-7-5-24(6-8-25)12-14-10-21-23(2)11-14/h3-4,9-11,17H,5-8,12H2,1-2H3,(H,22,27). The maximum Gasteiger partial charge on any atom is 0.387 e. The molecule has 1 aromatic carbocycles. The number of ether oxygens (including phenoxy) is 1. The van der Waals surface area contributed by atoms with Crippen molar-refractivity contribution >= 4 is 23.0 Å². The van der Waals surface area contributed by atoms with E-state index in [-0.39, 0.29) is 5.75 Å². The number of aryl methyl sites for hydroxylation is 2. The molecule has 2 aromatic rings. The number of piperazine rings is 1. The van der Waals surface area contributed by atoms with E-state index >= 15 is 0 Å². The third-order valence-electron chi connectivity index (χ3n) is 4.42. The average Bonchev–Trinajstić information content (AvgIpc) is 3.02. The van der Waals surface area contributed by atoms with Crippen molar-refractivity contribution in [3.63, 3.8) is 0 Å². The quantitative estimate of drug-likeness (QED) is 0.786. The molecule has 1 aromatic heterocycles. The Bertz CT molecular complexity index is 790. The summed E-state index contributed by atoms with van der Waals surface area (Å²) in [7, 11) is 1.91. The van der Waals surface area contributed by atoms with Gasteiger partial charge in [-0.05, 0) is 36.8 Å². The van der Waals surface area contributed by atoms with E-state index in [1.165, 1.54) is 5.56 Å². The number of rotatable bonds is 5. The molecule has 0 saturated carbocycles. The Balaban J connectivity index is 1.55. The van der Waals surface area contributed by atoms with E-state index in [1.54, 1.807) is 16.8 Å². The highest BCUT2D eigenvalue weighted by Crippen LogP contribution is 2.27. The van der Waals surface area contributed by atoms with Crippen LogP contribution >= 0.6 is 12.2 Å². The van der Waals surface area contributed by atoms with Crippen molar-refractivity contribution in [1.29, 1.82) is 0 Å². The summed E-state index contributed by atoms with van der Waals surface area (Å²) < 4.78 is 31.7. The van der Waals surface area contributed by atoms with Crippen molar-refractivity contribution in [2.75, 3.05) is 31.5 Å². The van der Waals surface area contributed by atoms with Crippen molar-refractivity contribution in [3.8, 4) is 5.75 Å². The molecule has 1 saturated heterocycles. The molecule has 0 radical (unpaired) electrons. The SMILES string of the molecule is Cc1ccc(NC(=S)N2CCN(Cc3cnn(C)c3)CC2)c(OC(F)F)c1. The lowest BCUT2D eigenvalue weighted by molar-refractivity contribution is -0.0493. The van der Waals surface area contributed by atoms with Crippen molar-refractivity contribution in [3.05, 3.63) is 41.7 Å². The molecule has 9 heteroatoms. The highest BCUT2D eigenvalue weighted by molar-refractivity contribution is 7.80. The van der Waals surface area contributed by atoms with E-state index < -0.39 is 6.61 Å². The highest BCUT2D eigenvalue weighted by atomic mass is 32.1. The predicted molar refractivity (Wildman–Crippen MR) is 104 cm³/mol. The molecule has 1 aliphatic heterocycles. The number of hydrogen-bond donors (Lipinski definition) is 1. The van der Waals surface area contributed by atoms with Crippen molar-refractivity contribution in [2.24, 2.45) is 7.05 Å². The van der Waals surface area contributed by atoms with E-state index in [1.807, 2.05) is 37.3 Å². The molecule has 27 heavy (non-hydrogen) atoms. The van der Waals surface area contributed by atoms with Gasteiger partial charge >= 0.3 is 6.61 Å². The zero-order valence-corrected chi connectivity index (χ0v) is 16.2. The van der Waals surface area contributed by atoms with E-state index in [9.17, 15) is 8.78 Å². The molecule has 0 bridgehead atoms. The van der Waals surface area contributed by atoms with Crippen LogP contribution in [0.25, 0.3) is 0 Å². The lowest BCUT2D eigenvalue weighted by atomic mass is 10.2. The molecule has 1 N–H and O–H groups in total. The fourth-order valence-electron chi connectivity index (χ4n) is 3.04. The van der Waals surface area contributed by atoms with Gasteiger partial charge in [0.2, 0.25) is 0 Å². The van der Waals surface area contributed by atoms with Gasteiger partial charge in [0.1, 0.15) is 5.75 Å². The van der Waals surface area contributed by atoms with Crippen LogP contribution in [0.5, 0.6) is 5.75 Å². The van der Waals surface area contributed by atoms with Gasteiger partial charge in [0, 0.05) is 51.5 Å². The zero-order chi connectivity index (χ0) is 19.4. The second-order valence-corrected chi connectivity index (χ2v) is 6.98. The zero-order valence-electron chi connectivity index (χ0n) is 15.4. The number of nitrogens with zero attached hydrogens (tertiary/aromatic N) is 4. The van der Waals surface area contributed by atoms with Crippen LogP contribution in [0, 0.1) is 6.92 Å². The molecule has 146 valence electrons. The molecule has 1 fully saturated rings. The van der Waals surface area contributed by atoms with Crippen LogP contribution in [0.2, 0.25) is 0 Å². The molecule has 1 aliphatic rings. The molecule has 2 heterocycles. The number of aromatic nitrogens is 2. The molecule has 0 aliphatic carbocycles. The van der Waals surface area contributed by atoms with Gasteiger partial charge in [-0.3, -0.25) is 9.58 Å². The van der Waals surface area contributed by atoms with Gasteiger partial charge in [-0.1, -0.05) is 6.07 Å². The summed E-state index contributed by atoms with van der Waals surface area (Å²) in [4.78, 5) is 4.38. The van der Waals surface area contributed by atoms with Gasteiger partial charge in [0.15, 0.2) is 5.11 Å². The first-order valence-corrected chi connectivity index (χ1v) is 9.13. The summed E-state index contributed by atoms with van der Waals surface area (Å²) in [6.07, 6.45) is 3.89. The van der Waals surface area contributed by atoms with E-state index in [0.717, 1.165) is 38.3 Å². The van der Waals surface area contributed by atoms with Crippen LogP contribution in [0.3, 0.4) is 0 Å². The largest absolute Gasteiger partial charge is 0.433 e. The molecule has 0 amide bonds. The van der Waals surface area contributed by atoms with E-state index in [4.69, 9.17) is 12.2 Å². The van der Waals surface area contributed by atoms with Gasteiger partial charge in [-0.25, -0.2) is 0 Å². The second-order valence-electron chi connectivity index (χ2n) is 6.59. The summed E-state index contributed by atoms with van der Waals surface area (Å²) >= 11 is 5.47. The Morgan fingerprint density at radius 2 is 2.04 bits per heavy atom. The summed E-state index contributed by atoms with van der Waals surface area (Å²) in [6.45, 7) is 3.06. The predicted octanol–water partition coefficient (Wildman–Crippen LogP) is 2.84. The van der Waals surface area contributed by atoms with E-state index in [2.05, 4.69) is 20.1 Å². The first-order valence-electron chi connectivity index (χ1n) is 8.72. The van der Waals surface area contributed by atoms with Crippen molar-refractivity contribution in [1.82, 2.24) is 19.6 Å². The molecular weight excluding hydrogens is 372 g/mol. The molecule has 6 nitrogen and oxygen atoms in total. The van der Waals surface area contributed by atoms with Gasteiger partial charge in [0.05, 0.1) is 11.9 Å². The van der Waals surface area contributed by atoms with Crippen LogP contribution in [-0.2, 0) is 13.6 Å². The van der Waals surface area contributed by atoms with Gasteiger partial charge < -0.3 is 15.0 Å². The normalized spacial score (nSPS) is 15.2. The molecule has 0 atom stereocenters. The third kappa shape index (κ3) is 5.36. The van der Waals surface area contributed by atoms with Crippen LogP contribution in [0.15, 0.2) is 30.6 Å². The minimum Gasteiger partial charge on any atom is -0.433 e. The Morgan fingerprint density at radius 3 is 2.67 bits per heavy atom. The Morgan fingerprint density at radius 1 is 1.30 bits per heavy atom. The minimum absolute atomic E-state index is 0.0996. The maximum atomic E-state index is 12.6. The lowest BCUT2D eigenvalue weighted by Crippen LogP contribution is -2.49. The fraction of sp³-hybridized carbons (Fsp3) is 0.444. The van der Waals surface area contributed by atoms with E-state index in [0.29, 0.717) is 10.8 Å². The Hall–Kier alpha value is -2.26. The monoisotopic (exact) mass is 395 g/mol. The number of alkyl halides is 2. The van der Waals surface area contributed by atoms with Gasteiger partial charge in [0.25, 0.3) is 0 Å². The molecule has 0 unspecified atom stereocenters. The maximum absolute atomic E-state index is 12.6. The summed E-state index contributed by atoms with van der Waals surface area (Å²) in [5, 5.41) is 7.75. The minimum atomic E-state index is -2.88.